The maximum absolute atomic E-state index is 8.81. The van der Waals surface area contributed by atoms with E-state index in [1.165, 1.54) is 0 Å². The first-order valence-corrected chi connectivity index (χ1v) is 4.40. The summed E-state index contributed by atoms with van der Waals surface area (Å²) in [5, 5.41) is 12.9. The van der Waals surface area contributed by atoms with E-state index in [1.54, 1.807) is 10.9 Å². The Morgan fingerprint density at radius 1 is 1.58 bits per heavy atom. The predicted molar refractivity (Wildman–Crippen MR) is 49.6 cm³/mol. The van der Waals surface area contributed by atoms with Gasteiger partial charge in [0.25, 0.3) is 0 Å². The highest BCUT2D eigenvalue weighted by Gasteiger charge is 2.19. The third-order valence-electron chi connectivity index (χ3n) is 1.47. The minimum Gasteiger partial charge on any atom is -0.248 e. The molecular formula is C8H10BrN3. The van der Waals surface area contributed by atoms with Crippen molar-refractivity contribution in [2.75, 3.05) is 0 Å². The van der Waals surface area contributed by atoms with Crippen molar-refractivity contribution in [1.29, 1.82) is 5.26 Å². The Morgan fingerprint density at radius 2 is 2.17 bits per heavy atom. The van der Waals surface area contributed by atoms with Crippen molar-refractivity contribution >= 4 is 15.9 Å². The van der Waals surface area contributed by atoms with E-state index in [0.29, 0.717) is 5.69 Å². The van der Waals surface area contributed by atoms with Crippen molar-refractivity contribution in [1.82, 2.24) is 9.78 Å². The van der Waals surface area contributed by atoms with Crippen LogP contribution in [0.5, 0.6) is 0 Å². The molecule has 0 aromatic carbocycles. The molecule has 0 saturated heterocycles. The van der Waals surface area contributed by atoms with E-state index in [4.69, 9.17) is 5.26 Å². The van der Waals surface area contributed by atoms with Crippen molar-refractivity contribution in [3.05, 3.63) is 16.4 Å². The third-order valence-corrected chi connectivity index (χ3v) is 2.05. The Labute approximate surface area is 80.1 Å². The van der Waals surface area contributed by atoms with Crippen LogP contribution in [0.25, 0.3) is 0 Å². The topological polar surface area (TPSA) is 41.6 Å². The van der Waals surface area contributed by atoms with Crippen LogP contribution in [-0.4, -0.2) is 9.78 Å². The highest BCUT2D eigenvalue weighted by atomic mass is 79.9. The van der Waals surface area contributed by atoms with E-state index in [2.05, 4.69) is 27.1 Å². The van der Waals surface area contributed by atoms with E-state index in [9.17, 15) is 0 Å². The van der Waals surface area contributed by atoms with E-state index in [0.717, 1.165) is 4.47 Å². The smallest absolute Gasteiger partial charge is 0.153 e. The van der Waals surface area contributed by atoms with Crippen LogP contribution in [0.1, 0.15) is 26.5 Å². The summed E-state index contributed by atoms with van der Waals surface area (Å²) in [5.41, 5.74) is 0.430. The van der Waals surface area contributed by atoms with Gasteiger partial charge in [-0.1, -0.05) is 0 Å². The fourth-order valence-corrected chi connectivity index (χ4v) is 1.29. The van der Waals surface area contributed by atoms with Crippen LogP contribution in [0.4, 0.5) is 0 Å². The molecule has 12 heavy (non-hydrogen) atoms. The summed E-state index contributed by atoms with van der Waals surface area (Å²) in [7, 11) is 0. The Hall–Kier alpha value is -0.820. The summed E-state index contributed by atoms with van der Waals surface area (Å²) in [4.78, 5) is 0. The van der Waals surface area contributed by atoms with Gasteiger partial charge in [0, 0.05) is 0 Å². The van der Waals surface area contributed by atoms with Gasteiger partial charge in [-0.25, -0.2) is 4.68 Å². The molecule has 0 aliphatic carbocycles. The zero-order chi connectivity index (χ0) is 9.35. The number of nitriles is 1. The van der Waals surface area contributed by atoms with Crippen molar-refractivity contribution in [3.8, 4) is 6.07 Å². The van der Waals surface area contributed by atoms with Crippen LogP contribution in [0, 0.1) is 11.3 Å². The molecule has 1 rings (SSSR count). The molecular weight excluding hydrogens is 218 g/mol. The molecule has 0 fully saturated rings. The molecule has 4 heteroatoms. The first kappa shape index (κ1) is 9.27. The summed E-state index contributed by atoms with van der Waals surface area (Å²) < 4.78 is 2.46. The maximum Gasteiger partial charge on any atom is 0.153 e. The third kappa shape index (κ3) is 1.51. The van der Waals surface area contributed by atoms with Crippen LogP contribution >= 0.6 is 15.9 Å². The largest absolute Gasteiger partial charge is 0.248 e. The average molecular weight is 228 g/mol. The van der Waals surface area contributed by atoms with Gasteiger partial charge in [-0.3, -0.25) is 0 Å². The normalized spacial score (nSPS) is 11.2. The standard InChI is InChI=1S/C8H10BrN3/c1-8(2,3)12-7(4-10)6(9)5-11-12/h5H,1-3H3. The van der Waals surface area contributed by atoms with Crippen LogP contribution in [-0.2, 0) is 5.54 Å². The Balaban J connectivity index is 3.28. The molecule has 1 aromatic heterocycles. The van der Waals surface area contributed by atoms with Gasteiger partial charge in [0.1, 0.15) is 6.07 Å². The molecule has 0 aliphatic heterocycles. The SMILES string of the molecule is CC(C)(C)n1ncc(Br)c1C#N. The van der Waals surface area contributed by atoms with Crippen LogP contribution in [0.3, 0.4) is 0 Å². The van der Waals surface area contributed by atoms with Gasteiger partial charge in [0.05, 0.1) is 16.2 Å². The van der Waals surface area contributed by atoms with Gasteiger partial charge in [0.15, 0.2) is 5.69 Å². The molecule has 64 valence electrons. The maximum atomic E-state index is 8.81. The number of aromatic nitrogens is 2. The van der Waals surface area contributed by atoms with Crippen molar-refractivity contribution < 1.29 is 0 Å². The van der Waals surface area contributed by atoms with Gasteiger partial charge >= 0.3 is 0 Å². The molecule has 3 nitrogen and oxygen atoms in total. The van der Waals surface area contributed by atoms with Gasteiger partial charge in [-0.15, -0.1) is 0 Å². The molecule has 0 amide bonds. The van der Waals surface area contributed by atoms with Gasteiger partial charge in [0.2, 0.25) is 0 Å². The second-order valence-corrected chi connectivity index (χ2v) is 4.39. The van der Waals surface area contributed by atoms with Gasteiger partial charge in [-0.05, 0) is 36.7 Å². The lowest BCUT2D eigenvalue weighted by Gasteiger charge is -2.19. The summed E-state index contributed by atoms with van der Waals surface area (Å²) in [6.45, 7) is 6.02. The Kier molecular flexibility index (Phi) is 2.25. The zero-order valence-electron chi connectivity index (χ0n) is 7.30. The lowest BCUT2D eigenvalue weighted by Crippen LogP contribution is -2.24. The van der Waals surface area contributed by atoms with Gasteiger partial charge in [-0.2, -0.15) is 10.4 Å². The summed E-state index contributed by atoms with van der Waals surface area (Å²) in [6, 6.07) is 2.10. The molecule has 1 heterocycles. The second kappa shape index (κ2) is 2.91. The zero-order valence-corrected chi connectivity index (χ0v) is 8.88. The molecule has 0 saturated carbocycles. The molecule has 1 aromatic rings. The fourth-order valence-electron chi connectivity index (χ4n) is 0.938. The lowest BCUT2D eigenvalue weighted by atomic mass is 10.1. The molecule has 0 spiro atoms. The predicted octanol–water partition coefficient (Wildman–Crippen LogP) is 2.27. The van der Waals surface area contributed by atoms with Crippen molar-refractivity contribution in [3.63, 3.8) is 0 Å². The van der Waals surface area contributed by atoms with Crippen molar-refractivity contribution in [2.24, 2.45) is 0 Å². The van der Waals surface area contributed by atoms with E-state index >= 15 is 0 Å². The lowest BCUT2D eigenvalue weighted by molar-refractivity contribution is 0.352. The number of nitrogens with zero attached hydrogens (tertiary/aromatic N) is 3. The Morgan fingerprint density at radius 3 is 2.50 bits per heavy atom. The fraction of sp³-hybridized carbons (Fsp3) is 0.500. The van der Waals surface area contributed by atoms with Crippen LogP contribution in [0.15, 0.2) is 10.7 Å². The summed E-state index contributed by atoms with van der Waals surface area (Å²) >= 11 is 3.26. The minimum atomic E-state index is -0.142. The van der Waals surface area contributed by atoms with Crippen LogP contribution < -0.4 is 0 Å². The quantitative estimate of drug-likeness (QED) is 0.683. The number of hydrogen-bond acceptors (Lipinski definition) is 2. The molecule has 0 aliphatic rings. The number of rotatable bonds is 0. The van der Waals surface area contributed by atoms with E-state index in [-0.39, 0.29) is 5.54 Å². The average Bonchev–Trinajstić information content (AvgIpc) is 2.29. The number of hydrogen-bond donors (Lipinski definition) is 0. The minimum absolute atomic E-state index is 0.142. The molecule has 0 radical (unpaired) electrons. The van der Waals surface area contributed by atoms with Crippen molar-refractivity contribution in [2.45, 2.75) is 26.3 Å². The van der Waals surface area contributed by atoms with E-state index < -0.39 is 0 Å². The molecule has 0 N–H and O–H groups in total. The number of halogens is 1. The summed E-state index contributed by atoms with van der Waals surface area (Å²) in [6.07, 6.45) is 1.64. The highest BCUT2D eigenvalue weighted by Crippen LogP contribution is 2.21. The monoisotopic (exact) mass is 227 g/mol. The Bertz CT molecular complexity index is 327. The first-order chi connectivity index (χ1) is 5.46. The summed E-state index contributed by atoms with van der Waals surface area (Å²) in [5.74, 6) is 0. The highest BCUT2D eigenvalue weighted by molar-refractivity contribution is 9.10. The van der Waals surface area contributed by atoms with Crippen LogP contribution in [0.2, 0.25) is 0 Å². The first-order valence-electron chi connectivity index (χ1n) is 3.61. The molecule has 0 atom stereocenters. The van der Waals surface area contributed by atoms with Gasteiger partial charge < -0.3 is 0 Å². The van der Waals surface area contributed by atoms with E-state index in [1.807, 2.05) is 20.8 Å². The molecule has 0 unspecified atom stereocenters. The second-order valence-electron chi connectivity index (χ2n) is 3.54. The molecule has 0 bridgehead atoms.